The Balaban J connectivity index is 1.54. The standard InChI is InChI=1S/C25H22N6O/c26-19-6-4-5-18(15-19)23-29-24(27-14-13-17-9-11-21(32)12-10-17)22-25(30-23)31(16-28-22)20-7-2-1-3-8-20/h1-12,15-16,32H,13-14,26H2,(H,27,29,30). The van der Waals surface area contributed by atoms with Crippen molar-refractivity contribution in [2.24, 2.45) is 0 Å². The van der Waals surface area contributed by atoms with E-state index in [9.17, 15) is 5.11 Å². The Bertz CT molecular complexity index is 1360. The van der Waals surface area contributed by atoms with Crippen molar-refractivity contribution < 1.29 is 5.11 Å². The summed E-state index contributed by atoms with van der Waals surface area (Å²) < 4.78 is 1.96. The number of fused-ring (bicyclic) bond motifs is 1. The van der Waals surface area contributed by atoms with E-state index in [1.54, 1.807) is 18.5 Å². The molecule has 0 aliphatic rings. The van der Waals surface area contributed by atoms with Crippen LogP contribution in [0.25, 0.3) is 28.2 Å². The number of phenols is 1. The quantitative estimate of drug-likeness (QED) is 0.350. The molecule has 0 amide bonds. The zero-order valence-corrected chi connectivity index (χ0v) is 17.3. The minimum atomic E-state index is 0.262. The smallest absolute Gasteiger partial charge is 0.170 e. The lowest BCUT2D eigenvalue weighted by Gasteiger charge is -2.10. The van der Waals surface area contributed by atoms with Crippen LogP contribution in [0.3, 0.4) is 0 Å². The number of hydrogen-bond donors (Lipinski definition) is 3. The number of nitrogen functional groups attached to an aromatic ring is 1. The van der Waals surface area contributed by atoms with Gasteiger partial charge in [0.25, 0.3) is 0 Å². The Morgan fingerprint density at radius 3 is 2.50 bits per heavy atom. The maximum absolute atomic E-state index is 9.48. The molecule has 0 spiro atoms. The maximum atomic E-state index is 9.48. The lowest BCUT2D eigenvalue weighted by Crippen LogP contribution is -2.08. The topological polar surface area (TPSA) is 102 Å². The van der Waals surface area contributed by atoms with Gasteiger partial charge in [-0.15, -0.1) is 0 Å². The zero-order valence-electron chi connectivity index (χ0n) is 17.3. The van der Waals surface area contributed by atoms with E-state index in [2.05, 4.69) is 10.3 Å². The van der Waals surface area contributed by atoms with Gasteiger partial charge < -0.3 is 16.2 Å². The summed E-state index contributed by atoms with van der Waals surface area (Å²) in [5, 5.41) is 12.9. The van der Waals surface area contributed by atoms with Gasteiger partial charge in [-0.2, -0.15) is 0 Å². The molecule has 3 aromatic carbocycles. The van der Waals surface area contributed by atoms with E-state index in [0.717, 1.165) is 28.9 Å². The molecule has 0 atom stereocenters. The SMILES string of the molecule is Nc1cccc(-c2nc(NCCc3ccc(O)cc3)c3ncn(-c4ccccc4)c3n2)c1. The molecule has 0 saturated carbocycles. The number of hydrogen-bond acceptors (Lipinski definition) is 6. The van der Waals surface area contributed by atoms with Crippen LogP contribution in [0.5, 0.6) is 5.75 Å². The molecule has 0 saturated heterocycles. The first-order valence-electron chi connectivity index (χ1n) is 10.4. The molecule has 2 heterocycles. The van der Waals surface area contributed by atoms with Crippen LogP contribution >= 0.6 is 0 Å². The normalized spacial score (nSPS) is 11.0. The molecule has 0 aliphatic carbocycles. The molecule has 32 heavy (non-hydrogen) atoms. The van der Waals surface area contributed by atoms with Crippen molar-refractivity contribution in [3.63, 3.8) is 0 Å². The molecule has 0 fully saturated rings. The molecular formula is C25H22N6O. The lowest BCUT2D eigenvalue weighted by molar-refractivity contribution is 0.475. The number of rotatable bonds is 6. The highest BCUT2D eigenvalue weighted by molar-refractivity contribution is 5.86. The van der Waals surface area contributed by atoms with Gasteiger partial charge in [0.15, 0.2) is 22.8 Å². The third-order valence-electron chi connectivity index (χ3n) is 5.22. The van der Waals surface area contributed by atoms with Crippen molar-refractivity contribution in [1.29, 1.82) is 0 Å². The second-order valence-corrected chi connectivity index (χ2v) is 7.49. The minimum Gasteiger partial charge on any atom is -0.508 e. The molecular weight excluding hydrogens is 400 g/mol. The first-order valence-corrected chi connectivity index (χ1v) is 10.4. The minimum absolute atomic E-state index is 0.262. The van der Waals surface area contributed by atoms with Crippen molar-refractivity contribution in [3.05, 3.63) is 90.8 Å². The van der Waals surface area contributed by atoms with Crippen LogP contribution < -0.4 is 11.1 Å². The molecule has 7 nitrogen and oxygen atoms in total. The Kier molecular flexibility index (Phi) is 5.13. The Labute approximate surface area is 185 Å². The van der Waals surface area contributed by atoms with Gasteiger partial charge >= 0.3 is 0 Å². The molecule has 4 N–H and O–H groups in total. The summed E-state index contributed by atoms with van der Waals surface area (Å²) in [6.07, 6.45) is 2.54. The highest BCUT2D eigenvalue weighted by Gasteiger charge is 2.15. The van der Waals surface area contributed by atoms with Crippen LogP contribution in [0.4, 0.5) is 11.5 Å². The van der Waals surface area contributed by atoms with Crippen LogP contribution in [0, 0.1) is 0 Å². The highest BCUT2D eigenvalue weighted by Crippen LogP contribution is 2.27. The van der Waals surface area contributed by atoms with Gasteiger partial charge in [0.05, 0.1) is 0 Å². The third kappa shape index (κ3) is 3.96. The molecule has 5 rings (SSSR count). The van der Waals surface area contributed by atoms with Gasteiger partial charge in [0.1, 0.15) is 12.1 Å². The van der Waals surface area contributed by atoms with Crippen molar-refractivity contribution in [3.8, 4) is 22.8 Å². The van der Waals surface area contributed by atoms with E-state index in [0.29, 0.717) is 29.4 Å². The number of nitrogens with zero attached hydrogens (tertiary/aromatic N) is 4. The van der Waals surface area contributed by atoms with E-state index in [1.807, 2.05) is 71.3 Å². The maximum Gasteiger partial charge on any atom is 0.170 e. The van der Waals surface area contributed by atoms with Crippen LogP contribution in [-0.4, -0.2) is 31.2 Å². The molecule has 0 bridgehead atoms. The molecule has 0 radical (unpaired) electrons. The third-order valence-corrected chi connectivity index (χ3v) is 5.22. The first kappa shape index (κ1) is 19.6. The second kappa shape index (κ2) is 8.39. The number of aromatic hydroxyl groups is 1. The zero-order chi connectivity index (χ0) is 21.9. The molecule has 0 aliphatic heterocycles. The first-order chi connectivity index (χ1) is 15.7. The number of imidazole rings is 1. The second-order valence-electron chi connectivity index (χ2n) is 7.49. The summed E-state index contributed by atoms with van der Waals surface area (Å²) in [5.41, 5.74) is 11.0. The van der Waals surface area contributed by atoms with E-state index in [-0.39, 0.29) is 5.75 Å². The van der Waals surface area contributed by atoms with Crippen LogP contribution in [0.15, 0.2) is 85.2 Å². The average molecular weight is 422 g/mol. The van der Waals surface area contributed by atoms with Gasteiger partial charge in [-0.05, 0) is 48.4 Å². The predicted molar refractivity (Wildman–Crippen MR) is 127 cm³/mol. The van der Waals surface area contributed by atoms with E-state index >= 15 is 0 Å². The molecule has 0 unspecified atom stereocenters. The summed E-state index contributed by atoms with van der Waals surface area (Å²) in [5.74, 6) is 1.51. The number of nitrogens with one attached hydrogen (secondary N) is 1. The van der Waals surface area contributed by atoms with Gasteiger partial charge in [-0.25, -0.2) is 15.0 Å². The lowest BCUT2D eigenvalue weighted by atomic mass is 10.1. The number of para-hydroxylation sites is 1. The number of aromatic nitrogens is 4. The van der Waals surface area contributed by atoms with Crippen molar-refractivity contribution >= 4 is 22.7 Å². The summed E-state index contributed by atoms with van der Waals surface area (Å²) in [7, 11) is 0. The van der Waals surface area contributed by atoms with Crippen LogP contribution in [0.1, 0.15) is 5.56 Å². The number of phenolic OH excluding ortho intramolecular Hbond substituents is 1. The molecule has 5 aromatic rings. The van der Waals surface area contributed by atoms with Crippen molar-refractivity contribution in [1.82, 2.24) is 19.5 Å². The Morgan fingerprint density at radius 1 is 0.906 bits per heavy atom. The fourth-order valence-corrected chi connectivity index (χ4v) is 3.60. The largest absolute Gasteiger partial charge is 0.508 e. The Morgan fingerprint density at radius 2 is 1.72 bits per heavy atom. The van der Waals surface area contributed by atoms with Crippen LogP contribution in [-0.2, 0) is 6.42 Å². The number of benzene rings is 3. The summed E-state index contributed by atoms with van der Waals surface area (Å²) in [6, 6.07) is 24.7. The molecule has 7 heteroatoms. The number of nitrogens with two attached hydrogens (primary N) is 1. The van der Waals surface area contributed by atoms with Gasteiger partial charge in [0.2, 0.25) is 0 Å². The average Bonchev–Trinajstić information content (AvgIpc) is 3.25. The van der Waals surface area contributed by atoms with Gasteiger partial charge in [0, 0.05) is 23.5 Å². The summed E-state index contributed by atoms with van der Waals surface area (Å²) in [4.78, 5) is 14.2. The fourth-order valence-electron chi connectivity index (χ4n) is 3.60. The van der Waals surface area contributed by atoms with Crippen LogP contribution in [0.2, 0.25) is 0 Å². The summed E-state index contributed by atoms with van der Waals surface area (Å²) in [6.45, 7) is 0.658. The fraction of sp³-hybridized carbons (Fsp3) is 0.0800. The molecule has 158 valence electrons. The van der Waals surface area contributed by atoms with Gasteiger partial charge in [-0.1, -0.05) is 42.5 Å². The van der Waals surface area contributed by atoms with Crippen molar-refractivity contribution in [2.75, 3.05) is 17.6 Å². The molecule has 2 aromatic heterocycles. The van der Waals surface area contributed by atoms with Crippen molar-refractivity contribution in [2.45, 2.75) is 6.42 Å². The summed E-state index contributed by atoms with van der Waals surface area (Å²) >= 11 is 0. The van der Waals surface area contributed by atoms with E-state index in [1.165, 1.54) is 0 Å². The highest BCUT2D eigenvalue weighted by atomic mass is 16.3. The number of anilines is 2. The Hall–Kier alpha value is -4.39. The predicted octanol–water partition coefficient (Wildman–Crippen LogP) is 4.42. The van der Waals surface area contributed by atoms with E-state index in [4.69, 9.17) is 15.7 Å². The van der Waals surface area contributed by atoms with E-state index < -0.39 is 0 Å². The van der Waals surface area contributed by atoms with Gasteiger partial charge in [-0.3, -0.25) is 4.57 Å². The monoisotopic (exact) mass is 422 g/mol.